The Balaban J connectivity index is 0. The minimum absolute atomic E-state index is 0.259. The molecule has 0 heterocycles. The van der Waals surface area contributed by atoms with Crippen molar-refractivity contribution in [1.82, 2.24) is 0 Å². The Bertz CT molecular complexity index is 417. The summed E-state index contributed by atoms with van der Waals surface area (Å²) in [7, 11) is 3.21. The summed E-state index contributed by atoms with van der Waals surface area (Å²) in [6.07, 6.45) is 2.27. The average Bonchev–Trinajstić information content (AvgIpc) is 2.60. The van der Waals surface area contributed by atoms with Gasteiger partial charge in [-0.25, -0.2) is 9.59 Å². The Morgan fingerprint density at radius 2 is 1.38 bits per heavy atom. The zero-order valence-electron chi connectivity index (χ0n) is 16.2. The van der Waals surface area contributed by atoms with Crippen LogP contribution in [0.1, 0.15) is 20.3 Å². The number of methoxy groups -OCH3 is 2. The molecular weight excluding hydrogens is 344 g/mol. The van der Waals surface area contributed by atoms with Crippen LogP contribution in [0.3, 0.4) is 0 Å². The molecule has 0 aliphatic heterocycles. The first kappa shape index (κ1) is 26.5. The SMILES string of the molecule is C=C(C)C(=O)OCCOCCOC.COCCOCCC=C(C)C(=O)O. The molecule has 8 nitrogen and oxygen atoms in total. The molecule has 152 valence electrons. The summed E-state index contributed by atoms with van der Waals surface area (Å²) in [6, 6.07) is 0. The number of carboxylic acid groups (broad SMARTS) is 1. The maximum absolute atomic E-state index is 10.8. The third-order valence-corrected chi connectivity index (χ3v) is 2.72. The Labute approximate surface area is 155 Å². The maximum Gasteiger partial charge on any atom is 0.333 e. The lowest BCUT2D eigenvalue weighted by molar-refractivity contribution is -0.140. The number of carboxylic acids is 1. The third-order valence-electron chi connectivity index (χ3n) is 2.72. The van der Waals surface area contributed by atoms with Crippen LogP contribution in [-0.4, -0.2) is 77.5 Å². The smallest absolute Gasteiger partial charge is 0.333 e. The quantitative estimate of drug-likeness (QED) is 0.278. The molecule has 0 rings (SSSR count). The largest absolute Gasteiger partial charge is 0.478 e. The first-order chi connectivity index (χ1) is 12.4. The van der Waals surface area contributed by atoms with E-state index in [4.69, 9.17) is 28.8 Å². The van der Waals surface area contributed by atoms with E-state index in [1.54, 1.807) is 34.1 Å². The zero-order chi connectivity index (χ0) is 20.2. The predicted molar refractivity (Wildman–Crippen MR) is 97.2 cm³/mol. The number of hydrogen-bond donors (Lipinski definition) is 1. The maximum atomic E-state index is 10.8. The molecule has 1 N–H and O–H groups in total. The van der Waals surface area contributed by atoms with E-state index < -0.39 is 5.97 Å². The highest BCUT2D eigenvalue weighted by Crippen LogP contribution is 1.95. The second kappa shape index (κ2) is 19.6. The molecule has 0 saturated heterocycles. The van der Waals surface area contributed by atoms with Crippen molar-refractivity contribution in [3.63, 3.8) is 0 Å². The van der Waals surface area contributed by atoms with Crippen LogP contribution < -0.4 is 0 Å². The van der Waals surface area contributed by atoms with Gasteiger partial charge in [0.2, 0.25) is 0 Å². The molecule has 0 spiro atoms. The minimum atomic E-state index is -0.878. The van der Waals surface area contributed by atoms with Gasteiger partial charge < -0.3 is 28.8 Å². The van der Waals surface area contributed by atoms with E-state index in [9.17, 15) is 9.59 Å². The van der Waals surface area contributed by atoms with Crippen LogP contribution in [0, 0.1) is 0 Å². The summed E-state index contributed by atoms with van der Waals surface area (Å²) in [5, 5.41) is 8.49. The van der Waals surface area contributed by atoms with Gasteiger partial charge in [0.05, 0.1) is 39.6 Å². The highest BCUT2D eigenvalue weighted by Gasteiger charge is 2.01. The van der Waals surface area contributed by atoms with E-state index in [2.05, 4.69) is 6.58 Å². The molecule has 0 aromatic heterocycles. The summed E-state index contributed by atoms with van der Waals surface area (Å²) in [4.78, 5) is 21.2. The summed E-state index contributed by atoms with van der Waals surface area (Å²) < 4.78 is 24.5. The molecule has 8 heteroatoms. The van der Waals surface area contributed by atoms with E-state index >= 15 is 0 Å². The van der Waals surface area contributed by atoms with Crippen molar-refractivity contribution in [2.24, 2.45) is 0 Å². The summed E-state index contributed by atoms with van der Waals surface area (Å²) in [5.41, 5.74) is 0.757. The molecular formula is C18H32O8. The lowest BCUT2D eigenvalue weighted by Crippen LogP contribution is -2.12. The number of carbonyl (C=O) groups excluding carboxylic acids is 1. The topological polar surface area (TPSA) is 101 Å². The molecule has 0 aliphatic carbocycles. The van der Waals surface area contributed by atoms with Crippen LogP contribution in [0.15, 0.2) is 23.8 Å². The van der Waals surface area contributed by atoms with Crippen molar-refractivity contribution in [3.8, 4) is 0 Å². The first-order valence-corrected chi connectivity index (χ1v) is 8.22. The van der Waals surface area contributed by atoms with Gasteiger partial charge in [-0.3, -0.25) is 0 Å². The monoisotopic (exact) mass is 376 g/mol. The molecule has 0 aromatic carbocycles. The van der Waals surface area contributed by atoms with Crippen LogP contribution in [0.2, 0.25) is 0 Å². The molecule has 0 atom stereocenters. The van der Waals surface area contributed by atoms with Gasteiger partial charge in [0.25, 0.3) is 0 Å². The second-order valence-corrected chi connectivity index (χ2v) is 5.11. The summed E-state index contributed by atoms with van der Waals surface area (Å²) in [6.45, 7) is 9.99. The third kappa shape index (κ3) is 20.3. The highest BCUT2D eigenvalue weighted by molar-refractivity contribution is 5.86. The number of esters is 1. The van der Waals surface area contributed by atoms with E-state index in [1.165, 1.54) is 0 Å². The van der Waals surface area contributed by atoms with Gasteiger partial charge in [0.15, 0.2) is 0 Å². The molecule has 0 fully saturated rings. The van der Waals surface area contributed by atoms with Crippen molar-refractivity contribution in [3.05, 3.63) is 23.8 Å². The van der Waals surface area contributed by atoms with Crippen LogP contribution in [-0.2, 0) is 33.3 Å². The lowest BCUT2D eigenvalue weighted by Gasteiger charge is -2.04. The standard InChI is InChI=1S/2C9H16O4/c1-8(2)9(10)13-7-6-12-5-4-11-3;1-8(9(10)11)4-3-5-13-7-6-12-2/h1,4-7H2,2-3H3;4H,3,5-7H2,1-2H3,(H,10,11). The van der Waals surface area contributed by atoms with Crippen LogP contribution >= 0.6 is 0 Å². The number of aliphatic carboxylic acids is 1. The average molecular weight is 376 g/mol. The molecule has 0 aromatic rings. The Hall–Kier alpha value is -1.74. The Kier molecular flexibility index (Phi) is 20.0. The predicted octanol–water partition coefficient (Wildman–Crippen LogP) is 1.84. The van der Waals surface area contributed by atoms with Crippen LogP contribution in [0.5, 0.6) is 0 Å². The van der Waals surface area contributed by atoms with Gasteiger partial charge in [-0.05, 0) is 20.3 Å². The van der Waals surface area contributed by atoms with Crippen molar-refractivity contribution < 1.29 is 38.4 Å². The Morgan fingerprint density at radius 1 is 0.885 bits per heavy atom. The fourth-order valence-electron chi connectivity index (χ4n) is 1.25. The van der Waals surface area contributed by atoms with E-state index in [-0.39, 0.29) is 12.6 Å². The van der Waals surface area contributed by atoms with Crippen LogP contribution in [0.4, 0.5) is 0 Å². The molecule has 26 heavy (non-hydrogen) atoms. The number of carbonyl (C=O) groups is 2. The normalized spacial score (nSPS) is 10.7. The van der Waals surface area contributed by atoms with Gasteiger partial charge in [-0.2, -0.15) is 0 Å². The molecule has 0 saturated carbocycles. The highest BCUT2D eigenvalue weighted by atomic mass is 16.6. The van der Waals surface area contributed by atoms with E-state index in [1.807, 2.05) is 0 Å². The van der Waals surface area contributed by atoms with Gasteiger partial charge in [0, 0.05) is 25.4 Å². The van der Waals surface area contributed by atoms with E-state index in [0.29, 0.717) is 57.2 Å². The lowest BCUT2D eigenvalue weighted by atomic mass is 10.2. The van der Waals surface area contributed by atoms with Crippen molar-refractivity contribution in [2.45, 2.75) is 20.3 Å². The number of ether oxygens (including phenoxy) is 5. The molecule has 0 radical (unpaired) electrons. The first-order valence-electron chi connectivity index (χ1n) is 8.22. The fourth-order valence-corrected chi connectivity index (χ4v) is 1.25. The molecule has 0 amide bonds. The zero-order valence-corrected chi connectivity index (χ0v) is 16.2. The van der Waals surface area contributed by atoms with Crippen molar-refractivity contribution in [1.29, 1.82) is 0 Å². The van der Waals surface area contributed by atoms with Crippen molar-refractivity contribution >= 4 is 11.9 Å². The molecule has 0 unspecified atom stereocenters. The van der Waals surface area contributed by atoms with Crippen molar-refractivity contribution in [2.75, 3.05) is 60.5 Å². The minimum Gasteiger partial charge on any atom is -0.478 e. The number of rotatable bonds is 14. The fraction of sp³-hybridized carbons (Fsp3) is 0.667. The van der Waals surface area contributed by atoms with Gasteiger partial charge >= 0.3 is 11.9 Å². The van der Waals surface area contributed by atoms with Gasteiger partial charge in [-0.1, -0.05) is 12.7 Å². The summed E-state index contributed by atoms with van der Waals surface area (Å²) in [5.74, 6) is -1.26. The summed E-state index contributed by atoms with van der Waals surface area (Å²) >= 11 is 0. The van der Waals surface area contributed by atoms with Gasteiger partial charge in [0.1, 0.15) is 6.61 Å². The molecule has 0 bridgehead atoms. The van der Waals surface area contributed by atoms with E-state index in [0.717, 1.165) is 0 Å². The number of hydrogen-bond acceptors (Lipinski definition) is 7. The van der Waals surface area contributed by atoms with Gasteiger partial charge in [-0.15, -0.1) is 0 Å². The Morgan fingerprint density at radius 3 is 1.85 bits per heavy atom. The van der Waals surface area contributed by atoms with Crippen LogP contribution in [0.25, 0.3) is 0 Å². The molecule has 0 aliphatic rings. The second-order valence-electron chi connectivity index (χ2n) is 5.11.